The van der Waals surface area contributed by atoms with E-state index in [1.807, 2.05) is 36.2 Å². The maximum atomic E-state index is 4.59. The summed E-state index contributed by atoms with van der Waals surface area (Å²) in [5.41, 5.74) is 2.22. The fraction of sp³-hybridized carbons (Fsp3) is 0.200. The van der Waals surface area contributed by atoms with Gasteiger partial charge >= 0.3 is 0 Å². The Kier molecular flexibility index (Phi) is 3.30. The highest BCUT2D eigenvalue weighted by atomic mass is 32.1. The molecule has 0 atom stereocenters. The van der Waals surface area contributed by atoms with Crippen LogP contribution in [0.3, 0.4) is 0 Å². The molecule has 0 unspecified atom stereocenters. The first-order chi connectivity index (χ1) is 11.2. The molecule has 8 heteroatoms. The van der Waals surface area contributed by atoms with Crippen LogP contribution < -0.4 is 4.90 Å². The van der Waals surface area contributed by atoms with Gasteiger partial charge in [0, 0.05) is 37.1 Å². The Morgan fingerprint density at radius 2 is 2.17 bits per heavy atom. The van der Waals surface area contributed by atoms with Crippen molar-refractivity contribution in [2.75, 3.05) is 11.9 Å². The van der Waals surface area contributed by atoms with Gasteiger partial charge in [0.2, 0.25) is 0 Å². The molecule has 0 fully saturated rings. The molecule has 0 aromatic carbocycles. The van der Waals surface area contributed by atoms with E-state index in [-0.39, 0.29) is 0 Å². The minimum Gasteiger partial charge on any atom is -0.354 e. The van der Waals surface area contributed by atoms with Gasteiger partial charge in [0.05, 0.1) is 17.9 Å². The third kappa shape index (κ3) is 2.46. The summed E-state index contributed by atoms with van der Waals surface area (Å²) in [6.45, 7) is 2.77. The van der Waals surface area contributed by atoms with Crippen molar-refractivity contribution in [1.29, 1.82) is 0 Å². The molecule has 7 nitrogen and oxygen atoms in total. The molecule has 0 spiro atoms. The van der Waals surface area contributed by atoms with Crippen LogP contribution in [0.2, 0.25) is 0 Å². The molecule has 0 N–H and O–H groups in total. The number of imidazole rings is 2. The van der Waals surface area contributed by atoms with Gasteiger partial charge < -0.3 is 4.90 Å². The van der Waals surface area contributed by atoms with Crippen molar-refractivity contribution in [3.63, 3.8) is 0 Å². The number of nitrogens with zero attached hydrogens (tertiary/aromatic N) is 7. The Morgan fingerprint density at radius 3 is 3.00 bits per heavy atom. The summed E-state index contributed by atoms with van der Waals surface area (Å²) in [6, 6.07) is 1.95. The highest BCUT2D eigenvalue weighted by Crippen LogP contribution is 2.20. The molecule has 116 valence electrons. The molecule has 0 saturated carbocycles. The zero-order valence-electron chi connectivity index (χ0n) is 12.8. The number of hydrogen-bond acceptors (Lipinski definition) is 6. The minimum absolute atomic E-state index is 0.726. The lowest BCUT2D eigenvalue weighted by molar-refractivity contribution is 0.838. The van der Waals surface area contributed by atoms with E-state index in [0.717, 1.165) is 28.8 Å². The van der Waals surface area contributed by atoms with Crippen LogP contribution in [0.5, 0.6) is 0 Å². The van der Waals surface area contributed by atoms with E-state index in [2.05, 4.69) is 35.4 Å². The number of fused-ring (bicyclic) bond motifs is 1. The van der Waals surface area contributed by atoms with Gasteiger partial charge in [0.25, 0.3) is 0 Å². The molecule has 0 radical (unpaired) electrons. The van der Waals surface area contributed by atoms with Crippen molar-refractivity contribution in [2.24, 2.45) is 0 Å². The summed E-state index contributed by atoms with van der Waals surface area (Å²) in [4.78, 5) is 20.4. The highest BCUT2D eigenvalue weighted by Gasteiger charge is 2.13. The average molecular weight is 325 g/mol. The Labute approximate surface area is 136 Å². The van der Waals surface area contributed by atoms with Crippen LogP contribution >= 0.6 is 11.3 Å². The third-order valence-electron chi connectivity index (χ3n) is 3.75. The molecule has 4 heterocycles. The predicted octanol–water partition coefficient (Wildman–Crippen LogP) is 2.32. The standard InChI is InChI=1S/C15H15N7S/c1-11-12(22-5-6-23-15(22)19-11)8-20(2)13-7-14(18-9-17-13)21-4-3-16-10-21/h3-7,9-10H,8H2,1-2H3. The largest absolute Gasteiger partial charge is 0.354 e. The van der Waals surface area contributed by atoms with Crippen LogP contribution in [0.4, 0.5) is 5.82 Å². The first kappa shape index (κ1) is 13.9. The van der Waals surface area contributed by atoms with E-state index in [1.165, 1.54) is 5.69 Å². The zero-order valence-corrected chi connectivity index (χ0v) is 13.6. The molecule has 4 rings (SSSR count). The molecule has 0 aliphatic heterocycles. The summed E-state index contributed by atoms with van der Waals surface area (Å²) in [7, 11) is 2.02. The van der Waals surface area contributed by atoms with Crippen LogP contribution in [0.25, 0.3) is 10.8 Å². The second-order valence-corrected chi connectivity index (χ2v) is 6.13. The van der Waals surface area contributed by atoms with E-state index < -0.39 is 0 Å². The topological polar surface area (TPSA) is 64.1 Å². The number of hydrogen-bond donors (Lipinski definition) is 0. The van der Waals surface area contributed by atoms with Gasteiger partial charge in [-0.3, -0.25) is 8.97 Å². The Bertz CT molecular complexity index is 938. The Balaban J connectivity index is 1.64. The van der Waals surface area contributed by atoms with Gasteiger partial charge in [0.15, 0.2) is 4.96 Å². The second kappa shape index (κ2) is 5.47. The van der Waals surface area contributed by atoms with E-state index in [9.17, 15) is 0 Å². The fourth-order valence-electron chi connectivity index (χ4n) is 2.52. The van der Waals surface area contributed by atoms with Crippen LogP contribution in [-0.4, -0.2) is 36.0 Å². The van der Waals surface area contributed by atoms with E-state index >= 15 is 0 Å². The smallest absolute Gasteiger partial charge is 0.194 e. The van der Waals surface area contributed by atoms with Crippen LogP contribution in [0, 0.1) is 6.92 Å². The van der Waals surface area contributed by atoms with Crippen molar-refractivity contribution in [1.82, 2.24) is 28.9 Å². The number of aryl methyl sites for hydroxylation is 1. The van der Waals surface area contributed by atoms with Crippen molar-refractivity contribution >= 4 is 22.1 Å². The van der Waals surface area contributed by atoms with Crippen molar-refractivity contribution in [2.45, 2.75) is 13.5 Å². The molecule has 0 aliphatic carbocycles. The average Bonchev–Trinajstić information content (AvgIpc) is 3.28. The SMILES string of the molecule is Cc1nc2sccn2c1CN(C)c1cc(-n2ccnc2)ncn1. The first-order valence-electron chi connectivity index (χ1n) is 7.15. The van der Waals surface area contributed by atoms with Crippen LogP contribution in [0.1, 0.15) is 11.4 Å². The Hall–Kier alpha value is -2.74. The van der Waals surface area contributed by atoms with E-state index in [4.69, 9.17) is 0 Å². The minimum atomic E-state index is 0.726. The van der Waals surface area contributed by atoms with Crippen molar-refractivity contribution < 1.29 is 0 Å². The summed E-state index contributed by atoms with van der Waals surface area (Å²) in [5, 5.41) is 2.05. The second-order valence-electron chi connectivity index (χ2n) is 5.26. The molecule has 0 saturated heterocycles. The summed E-state index contributed by atoms with van der Waals surface area (Å²) in [5.74, 6) is 1.65. The molecule has 0 bridgehead atoms. The quantitative estimate of drug-likeness (QED) is 0.576. The summed E-state index contributed by atoms with van der Waals surface area (Å²) < 4.78 is 3.99. The predicted molar refractivity (Wildman–Crippen MR) is 89.1 cm³/mol. The number of rotatable bonds is 4. The van der Waals surface area contributed by atoms with Gasteiger partial charge in [-0.2, -0.15) is 0 Å². The van der Waals surface area contributed by atoms with E-state index in [1.54, 1.807) is 30.2 Å². The number of anilines is 1. The maximum absolute atomic E-state index is 4.59. The van der Waals surface area contributed by atoms with Gasteiger partial charge in [0.1, 0.15) is 24.3 Å². The number of aromatic nitrogens is 6. The molecular weight excluding hydrogens is 310 g/mol. The number of thiazole rings is 1. The van der Waals surface area contributed by atoms with E-state index in [0.29, 0.717) is 0 Å². The summed E-state index contributed by atoms with van der Waals surface area (Å²) >= 11 is 1.64. The van der Waals surface area contributed by atoms with Gasteiger partial charge in [-0.15, -0.1) is 11.3 Å². The molecule has 0 amide bonds. The normalized spacial score (nSPS) is 11.2. The lowest BCUT2D eigenvalue weighted by atomic mass is 10.3. The lowest BCUT2D eigenvalue weighted by Gasteiger charge is -2.18. The summed E-state index contributed by atoms with van der Waals surface area (Å²) in [6.07, 6.45) is 8.95. The molecule has 0 aliphatic rings. The molecular formula is C15H15N7S. The van der Waals surface area contributed by atoms with Crippen molar-refractivity contribution in [3.05, 3.63) is 54.1 Å². The van der Waals surface area contributed by atoms with Gasteiger partial charge in [-0.1, -0.05) is 0 Å². The highest BCUT2D eigenvalue weighted by molar-refractivity contribution is 7.15. The lowest BCUT2D eigenvalue weighted by Crippen LogP contribution is -2.19. The van der Waals surface area contributed by atoms with Gasteiger partial charge in [-0.05, 0) is 6.92 Å². The maximum Gasteiger partial charge on any atom is 0.194 e. The van der Waals surface area contributed by atoms with Gasteiger partial charge in [-0.25, -0.2) is 19.9 Å². The zero-order chi connectivity index (χ0) is 15.8. The third-order valence-corrected chi connectivity index (χ3v) is 4.50. The molecule has 4 aromatic heterocycles. The first-order valence-corrected chi connectivity index (χ1v) is 8.03. The van der Waals surface area contributed by atoms with Crippen molar-refractivity contribution in [3.8, 4) is 5.82 Å². The van der Waals surface area contributed by atoms with Crippen LogP contribution in [0.15, 0.2) is 42.7 Å². The fourth-order valence-corrected chi connectivity index (χ4v) is 3.30. The Morgan fingerprint density at radius 1 is 1.26 bits per heavy atom. The molecule has 4 aromatic rings. The molecule has 23 heavy (non-hydrogen) atoms. The van der Waals surface area contributed by atoms with Crippen LogP contribution in [-0.2, 0) is 6.54 Å². The monoisotopic (exact) mass is 325 g/mol.